The first kappa shape index (κ1) is 33.0. The van der Waals surface area contributed by atoms with E-state index in [0.29, 0.717) is 36.4 Å². The van der Waals surface area contributed by atoms with Gasteiger partial charge in [0.15, 0.2) is 0 Å². The number of sulfone groups is 3. The molecular weight excluding hydrogens is 711 g/mol. The monoisotopic (exact) mass is 726 g/mol. The molecule has 0 aliphatic heterocycles. The van der Waals surface area contributed by atoms with Crippen LogP contribution in [0.5, 0.6) is 0 Å². The smallest absolute Gasteiger partial charge is 0.282 e. The summed E-state index contributed by atoms with van der Waals surface area (Å²) in [6, 6.07) is 12.2. The summed E-state index contributed by atoms with van der Waals surface area (Å²) in [5.41, 5.74) is 0. The van der Waals surface area contributed by atoms with Crippen molar-refractivity contribution >= 4 is 72.9 Å². The maximum atomic E-state index is 13.4. The van der Waals surface area contributed by atoms with Crippen LogP contribution >= 0.6 is 23.2 Å². The zero-order valence-corrected chi connectivity index (χ0v) is 26.5. The third-order valence-electron chi connectivity index (χ3n) is 5.83. The van der Waals surface area contributed by atoms with Gasteiger partial charge in [0.1, 0.15) is 9.79 Å². The second kappa shape index (κ2) is 11.2. The molecule has 0 bridgehead atoms. The Bertz CT molecular complexity index is 2160. The van der Waals surface area contributed by atoms with Gasteiger partial charge in [-0.15, -0.1) is 0 Å². The number of rotatable bonds is 8. The molecule has 0 aromatic heterocycles. The van der Waals surface area contributed by atoms with Crippen LogP contribution in [0.2, 0.25) is 10.0 Å². The molecule has 228 valence electrons. The molecule has 0 atom stereocenters. The Morgan fingerprint density at radius 3 is 0.930 bits per heavy atom. The van der Waals surface area contributed by atoms with Gasteiger partial charge in [-0.25, -0.2) is 25.3 Å². The van der Waals surface area contributed by atoms with Gasteiger partial charge in [-0.1, -0.05) is 23.2 Å². The summed E-state index contributed by atoms with van der Waals surface area (Å²) < 4.78 is 148. The van der Waals surface area contributed by atoms with Crippen LogP contribution in [0.15, 0.2) is 124 Å². The SMILES string of the molecule is O=S(=O)(O)c1cc(S(=O)(=O)c2ccc(S(=O)(=O)c3ccc(Cl)cc3)c(S(=O)(=O)O)c2)ccc1S(=O)(=O)c1ccc(Cl)cc1. The molecule has 0 saturated carbocycles. The van der Waals surface area contributed by atoms with Crippen LogP contribution in [0.25, 0.3) is 0 Å². The molecule has 0 spiro atoms. The van der Waals surface area contributed by atoms with Crippen molar-refractivity contribution in [3.05, 3.63) is 95.0 Å². The fraction of sp³-hybridized carbons (Fsp3) is 0. The number of hydrogen-bond donors (Lipinski definition) is 2. The highest BCUT2D eigenvalue weighted by Crippen LogP contribution is 2.35. The molecule has 0 heterocycles. The average Bonchev–Trinajstić information content (AvgIpc) is 2.92. The summed E-state index contributed by atoms with van der Waals surface area (Å²) in [7, 11) is -25.0. The van der Waals surface area contributed by atoms with E-state index in [4.69, 9.17) is 23.2 Å². The maximum Gasteiger partial charge on any atom is 0.295 e. The lowest BCUT2D eigenvalue weighted by molar-refractivity contribution is 0.477. The van der Waals surface area contributed by atoms with Crippen LogP contribution in [0.4, 0.5) is 0 Å². The van der Waals surface area contributed by atoms with Crippen molar-refractivity contribution in [1.82, 2.24) is 0 Å². The minimum atomic E-state index is -5.38. The predicted octanol–water partition coefficient (Wildman–Crippen LogP) is 3.99. The van der Waals surface area contributed by atoms with Gasteiger partial charge in [0, 0.05) is 10.0 Å². The minimum Gasteiger partial charge on any atom is -0.282 e. The van der Waals surface area contributed by atoms with E-state index >= 15 is 0 Å². The molecule has 0 unspecified atom stereocenters. The van der Waals surface area contributed by atoms with Gasteiger partial charge >= 0.3 is 0 Å². The maximum absolute atomic E-state index is 13.4. The summed E-state index contributed by atoms with van der Waals surface area (Å²) in [5, 5.41) is 0.318. The number of halogens is 2. The molecule has 0 saturated heterocycles. The summed E-state index contributed by atoms with van der Waals surface area (Å²) >= 11 is 11.5. The third-order valence-corrected chi connectivity index (χ3v) is 13.8. The van der Waals surface area contributed by atoms with Crippen molar-refractivity contribution in [3.63, 3.8) is 0 Å². The Morgan fingerprint density at radius 1 is 0.372 bits per heavy atom. The molecular formula is C24H16Cl2O12S5. The van der Waals surface area contributed by atoms with Crippen molar-refractivity contribution in [2.45, 2.75) is 39.2 Å². The summed E-state index contributed by atoms with van der Waals surface area (Å²) in [6.07, 6.45) is 0. The Kier molecular flexibility index (Phi) is 8.64. The molecule has 0 fully saturated rings. The van der Waals surface area contributed by atoms with Gasteiger partial charge in [0.2, 0.25) is 29.5 Å². The number of benzene rings is 4. The standard InChI is InChI=1S/C24H16Cl2O12S5/c25-15-1-5-17(6-2-15)40(29,30)21-11-9-19(13-23(21)42(33,34)35)39(27,28)20-10-12-22(24(14-20)43(36,37)38)41(31,32)18-7-3-16(26)4-8-18/h1-14H,(H,33,34,35)(H,36,37,38). The molecule has 4 aromatic rings. The highest BCUT2D eigenvalue weighted by atomic mass is 35.5. The van der Waals surface area contributed by atoms with Crippen molar-refractivity contribution in [2.24, 2.45) is 0 Å². The Labute approximate surface area is 256 Å². The van der Waals surface area contributed by atoms with Crippen molar-refractivity contribution in [2.75, 3.05) is 0 Å². The number of hydrogen-bond acceptors (Lipinski definition) is 10. The van der Waals surface area contributed by atoms with Crippen LogP contribution < -0.4 is 0 Å². The molecule has 0 amide bonds. The van der Waals surface area contributed by atoms with Crippen LogP contribution in [0.1, 0.15) is 0 Å². The molecule has 19 heteroatoms. The predicted molar refractivity (Wildman–Crippen MR) is 152 cm³/mol. The van der Waals surface area contributed by atoms with E-state index in [9.17, 15) is 51.2 Å². The van der Waals surface area contributed by atoms with Crippen LogP contribution in [-0.2, 0) is 49.7 Å². The van der Waals surface area contributed by atoms with Gasteiger partial charge in [0.25, 0.3) is 20.2 Å². The third kappa shape index (κ3) is 6.50. The summed E-state index contributed by atoms with van der Waals surface area (Å²) in [5.74, 6) is 0. The van der Waals surface area contributed by atoms with Crippen LogP contribution in [0, 0.1) is 0 Å². The molecule has 4 rings (SSSR count). The first-order valence-electron chi connectivity index (χ1n) is 11.2. The normalized spacial score (nSPS) is 13.1. The highest BCUT2D eigenvalue weighted by Gasteiger charge is 2.33. The average molecular weight is 728 g/mol. The highest BCUT2D eigenvalue weighted by molar-refractivity contribution is 7.93. The second-order valence-electron chi connectivity index (χ2n) is 8.59. The van der Waals surface area contributed by atoms with E-state index in [1.54, 1.807) is 0 Å². The van der Waals surface area contributed by atoms with E-state index in [0.717, 1.165) is 24.3 Å². The van der Waals surface area contributed by atoms with Crippen LogP contribution in [-0.4, -0.2) is 51.2 Å². The summed E-state index contributed by atoms with van der Waals surface area (Å²) in [4.78, 5) is -7.34. The van der Waals surface area contributed by atoms with E-state index in [2.05, 4.69) is 0 Å². The molecule has 12 nitrogen and oxygen atoms in total. The first-order chi connectivity index (χ1) is 19.7. The van der Waals surface area contributed by atoms with E-state index < -0.39 is 88.9 Å². The molecule has 4 aromatic carbocycles. The zero-order valence-electron chi connectivity index (χ0n) is 20.9. The van der Waals surface area contributed by atoms with E-state index in [1.165, 1.54) is 24.3 Å². The largest absolute Gasteiger partial charge is 0.295 e. The summed E-state index contributed by atoms with van der Waals surface area (Å²) in [6.45, 7) is 0. The van der Waals surface area contributed by atoms with E-state index in [1.807, 2.05) is 0 Å². The quantitative estimate of drug-likeness (QED) is 0.247. The van der Waals surface area contributed by atoms with Gasteiger partial charge in [-0.05, 0) is 84.9 Å². The second-order valence-corrected chi connectivity index (χ2v) is 18.0. The Morgan fingerprint density at radius 2 is 0.651 bits per heavy atom. The van der Waals surface area contributed by atoms with Gasteiger partial charge in [-0.2, -0.15) is 16.8 Å². The fourth-order valence-electron chi connectivity index (χ4n) is 3.78. The van der Waals surface area contributed by atoms with Crippen molar-refractivity contribution < 1.29 is 51.2 Å². The lowest BCUT2D eigenvalue weighted by atomic mass is 10.3. The Hall–Kier alpha value is -2.87. The fourth-order valence-corrected chi connectivity index (χ4v) is 10.6. The topological polar surface area (TPSA) is 211 Å². The lowest BCUT2D eigenvalue weighted by Gasteiger charge is -2.13. The first-order valence-corrected chi connectivity index (χ1v) is 19.2. The lowest BCUT2D eigenvalue weighted by Crippen LogP contribution is -2.13. The van der Waals surface area contributed by atoms with E-state index in [-0.39, 0.29) is 10.0 Å². The van der Waals surface area contributed by atoms with Gasteiger partial charge in [0.05, 0.1) is 29.4 Å². The molecule has 2 N–H and O–H groups in total. The van der Waals surface area contributed by atoms with Crippen molar-refractivity contribution in [1.29, 1.82) is 0 Å². The zero-order chi connectivity index (χ0) is 32.2. The minimum absolute atomic E-state index is 0.159. The molecule has 43 heavy (non-hydrogen) atoms. The molecule has 0 aliphatic carbocycles. The van der Waals surface area contributed by atoms with Crippen LogP contribution in [0.3, 0.4) is 0 Å². The van der Waals surface area contributed by atoms with Gasteiger partial charge < -0.3 is 0 Å². The Balaban J connectivity index is 1.91. The molecule has 0 aliphatic rings. The van der Waals surface area contributed by atoms with Gasteiger partial charge in [-0.3, -0.25) is 9.11 Å². The molecule has 0 radical (unpaired) electrons. The van der Waals surface area contributed by atoms with Crippen molar-refractivity contribution in [3.8, 4) is 0 Å².